The van der Waals surface area contributed by atoms with Gasteiger partial charge in [0, 0.05) is 30.4 Å². The van der Waals surface area contributed by atoms with E-state index in [1.165, 1.54) is 26.8 Å². The number of rotatable bonds is 4. The maximum absolute atomic E-state index is 12.8. The third kappa shape index (κ3) is 2.67. The first-order chi connectivity index (χ1) is 11.5. The van der Waals surface area contributed by atoms with E-state index in [0.29, 0.717) is 10.7 Å². The summed E-state index contributed by atoms with van der Waals surface area (Å²) in [5.41, 5.74) is 0.570. The molecule has 124 valence electrons. The maximum atomic E-state index is 12.8. The third-order valence-corrected chi connectivity index (χ3v) is 4.83. The Morgan fingerprint density at radius 3 is 2.88 bits per heavy atom. The summed E-state index contributed by atoms with van der Waals surface area (Å²) in [5, 5.41) is 1.76. The molecule has 0 aliphatic carbocycles. The molecular formula is C17H17N3O3S. The molecule has 0 spiro atoms. The van der Waals surface area contributed by atoms with Crippen LogP contribution >= 0.6 is 11.3 Å². The first-order valence-corrected chi connectivity index (χ1v) is 8.27. The van der Waals surface area contributed by atoms with Gasteiger partial charge in [-0.1, -0.05) is 18.2 Å². The second-order valence-electron chi connectivity index (χ2n) is 5.37. The molecule has 0 fully saturated rings. The van der Waals surface area contributed by atoms with Gasteiger partial charge in [0.25, 0.3) is 11.5 Å². The quantitative estimate of drug-likeness (QED) is 0.730. The fraction of sp³-hybridized carbons (Fsp3) is 0.235. The van der Waals surface area contributed by atoms with E-state index in [0.717, 1.165) is 5.56 Å². The number of methoxy groups -OCH3 is 1. The molecule has 0 radical (unpaired) electrons. The number of hydrogen-bond donors (Lipinski definition) is 0. The number of benzene rings is 1. The van der Waals surface area contributed by atoms with Gasteiger partial charge in [0.05, 0.1) is 13.2 Å². The third-order valence-electron chi connectivity index (χ3n) is 4.06. The lowest BCUT2D eigenvalue weighted by Crippen LogP contribution is -2.34. The summed E-state index contributed by atoms with van der Waals surface area (Å²) in [7, 11) is 3.26. The first kappa shape index (κ1) is 16.2. The fourth-order valence-electron chi connectivity index (χ4n) is 2.56. The Morgan fingerprint density at radius 2 is 2.12 bits per heavy atom. The number of amides is 1. The van der Waals surface area contributed by atoms with Crippen molar-refractivity contribution in [3.8, 4) is 5.75 Å². The van der Waals surface area contributed by atoms with Crippen LogP contribution in [0.1, 0.15) is 28.9 Å². The Labute approximate surface area is 142 Å². The largest absolute Gasteiger partial charge is 0.496 e. The summed E-state index contributed by atoms with van der Waals surface area (Å²) in [4.78, 5) is 31.5. The van der Waals surface area contributed by atoms with Crippen molar-refractivity contribution in [2.24, 2.45) is 0 Å². The predicted molar refractivity (Wildman–Crippen MR) is 92.8 cm³/mol. The second-order valence-corrected chi connectivity index (χ2v) is 6.24. The van der Waals surface area contributed by atoms with E-state index < -0.39 is 0 Å². The summed E-state index contributed by atoms with van der Waals surface area (Å²) < 4.78 is 6.75. The van der Waals surface area contributed by atoms with Crippen molar-refractivity contribution in [2.45, 2.75) is 13.0 Å². The van der Waals surface area contributed by atoms with E-state index in [1.807, 2.05) is 31.2 Å². The number of carbonyl (C=O) groups excluding carboxylic acids is 1. The van der Waals surface area contributed by atoms with E-state index in [9.17, 15) is 9.59 Å². The highest BCUT2D eigenvalue weighted by Gasteiger charge is 2.24. The van der Waals surface area contributed by atoms with Gasteiger partial charge in [-0.3, -0.25) is 14.0 Å². The van der Waals surface area contributed by atoms with Gasteiger partial charge in [-0.15, -0.1) is 11.3 Å². The van der Waals surface area contributed by atoms with Gasteiger partial charge in [0.2, 0.25) is 0 Å². The topological polar surface area (TPSA) is 63.9 Å². The zero-order chi connectivity index (χ0) is 17.3. The minimum Gasteiger partial charge on any atom is -0.496 e. The Bertz CT molecular complexity index is 947. The number of ether oxygens (including phenoxy) is 1. The minimum absolute atomic E-state index is 0.0511. The summed E-state index contributed by atoms with van der Waals surface area (Å²) in [5.74, 6) is 0.333. The number of aromatic nitrogens is 2. The van der Waals surface area contributed by atoms with Crippen LogP contribution in [-0.4, -0.2) is 34.3 Å². The highest BCUT2D eigenvalue weighted by Crippen LogP contribution is 2.28. The van der Waals surface area contributed by atoms with Crippen LogP contribution in [0.15, 0.2) is 46.8 Å². The summed E-state index contributed by atoms with van der Waals surface area (Å²) >= 11 is 1.35. The number of thiazole rings is 1. The standard InChI is InChI=1S/C17H17N3O3S/c1-11(12-6-4-5-7-14(12)23-3)19(2)15(21)13-10-18-17-20(16(13)22)8-9-24-17/h4-11H,1-3H3. The van der Waals surface area contributed by atoms with Crippen LogP contribution in [0.25, 0.3) is 4.96 Å². The van der Waals surface area contributed by atoms with Gasteiger partial charge < -0.3 is 9.64 Å². The molecule has 0 aliphatic heterocycles. The van der Waals surface area contributed by atoms with E-state index >= 15 is 0 Å². The number of nitrogens with zero attached hydrogens (tertiary/aromatic N) is 3. The van der Waals surface area contributed by atoms with Gasteiger partial charge in [-0.05, 0) is 13.0 Å². The fourth-order valence-corrected chi connectivity index (χ4v) is 3.23. The zero-order valence-electron chi connectivity index (χ0n) is 13.6. The van der Waals surface area contributed by atoms with Gasteiger partial charge in [-0.25, -0.2) is 4.98 Å². The molecule has 0 saturated carbocycles. The summed E-state index contributed by atoms with van der Waals surface area (Å²) in [6, 6.07) is 7.26. The van der Waals surface area contributed by atoms with Crippen molar-refractivity contribution in [3.63, 3.8) is 0 Å². The summed E-state index contributed by atoms with van der Waals surface area (Å²) in [6.07, 6.45) is 2.97. The van der Waals surface area contributed by atoms with Gasteiger partial charge in [-0.2, -0.15) is 0 Å². The van der Waals surface area contributed by atoms with E-state index in [4.69, 9.17) is 4.74 Å². The van der Waals surface area contributed by atoms with Crippen LogP contribution in [0.3, 0.4) is 0 Å². The van der Waals surface area contributed by atoms with Gasteiger partial charge >= 0.3 is 0 Å². The van der Waals surface area contributed by atoms with E-state index in [2.05, 4.69) is 4.98 Å². The number of carbonyl (C=O) groups is 1. The Kier molecular flexibility index (Phi) is 4.35. The molecule has 0 bridgehead atoms. The molecule has 0 N–H and O–H groups in total. The smallest absolute Gasteiger partial charge is 0.271 e. The molecule has 2 heterocycles. The molecule has 2 aromatic heterocycles. The van der Waals surface area contributed by atoms with E-state index in [-0.39, 0.29) is 23.1 Å². The molecule has 3 rings (SSSR count). The molecule has 0 aliphatic rings. The van der Waals surface area contributed by atoms with Gasteiger partial charge in [0.15, 0.2) is 4.96 Å². The molecule has 3 aromatic rings. The minimum atomic E-state index is -0.369. The molecule has 1 amide bonds. The maximum Gasteiger partial charge on any atom is 0.271 e. The highest BCUT2D eigenvalue weighted by molar-refractivity contribution is 7.15. The summed E-state index contributed by atoms with van der Waals surface area (Å²) in [6.45, 7) is 1.89. The molecule has 1 unspecified atom stereocenters. The van der Waals surface area contributed by atoms with Crippen LogP contribution in [-0.2, 0) is 0 Å². The van der Waals surface area contributed by atoms with Crippen molar-refractivity contribution < 1.29 is 9.53 Å². The zero-order valence-corrected chi connectivity index (χ0v) is 14.4. The van der Waals surface area contributed by atoms with Crippen molar-refractivity contribution in [2.75, 3.05) is 14.2 Å². The molecule has 6 nitrogen and oxygen atoms in total. The molecule has 1 atom stereocenters. The van der Waals surface area contributed by atoms with Crippen molar-refractivity contribution in [3.05, 3.63) is 63.5 Å². The van der Waals surface area contributed by atoms with Crippen LogP contribution in [0.4, 0.5) is 0 Å². The van der Waals surface area contributed by atoms with Crippen molar-refractivity contribution >= 4 is 22.2 Å². The highest BCUT2D eigenvalue weighted by atomic mass is 32.1. The van der Waals surface area contributed by atoms with Crippen LogP contribution in [0.5, 0.6) is 5.75 Å². The van der Waals surface area contributed by atoms with Crippen LogP contribution < -0.4 is 10.3 Å². The number of hydrogen-bond acceptors (Lipinski definition) is 5. The lowest BCUT2D eigenvalue weighted by molar-refractivity contribution is 0.0738. The first-order valence-electron chi connectivity index (χ1n) is 7.39. The average molecular weight is 343 g/mol. The van der Waals surface area contributed by atoms with Crippen LogP contribution in [0, 0.1) is 0 Å². The van der Waals surface area contributed by atoms with Crippen LogP contribution in [0.2, 0.25) is 0 Å². The second kappa shape index (κ2) is 6.45. The molecule has 1 aromatic carbocycles. The van der Waals surface area contributed by atoms with E-state index in [1.54, 1.807) is 25.7 Å². The van der Waals surface area contributed by atoms with Crippen molar-refractivity contribution in [1.29, 1.82) is 0 Å². The monoisotopic (exact) mass is 343 g/mol. The number of fused-ring (bicyclic) bond motifs is 1. The lowest BCUT2D eigenvalue weighted by atomic mass is 10.1. The molecule has 0 saturated heterocycles. The average Bonchev–Trinajstić information content (AvgIpc) is 3.10. The lowest BCUT2D eigenvalue weighted by Gasteiger charge is -2.26. The Hall–Kier alpha value is -2.67. The molecule has 24 heavy (non-hydrogen) atoms. The Morgan fingerprint density at radius 1 is 1.38 bits per heavy atom. The number of para-hydroxylation sites is 1. The van der Waals surface area contributed by atoms with Crippen molar-refractivity contribution in [1.82, 2.24) is 14.3 Å². The molecule has 7 heteroatoms. The Balaban J connectivity index is 1.96. The SMILES string of the molecule is COc1ccccc1C(C)N(C)C(=O)c1cnc2sccn2c1=O. The predicted octanol–water partition coefficient (Wildman–Crippen LogP) is 2.60. The molecular weight excluding hydrogens is 326 g/mol. The van der Waals surface area contributed by atoms with Gasteiger partial charge in [0.1, 0.15) is 11.3 Å². The normalized spacial score (nSPS) is 12.1.